The Bertz CT molecular complexity index is 1110. The first-order valence-corrected chi connectivity index (χ1v) is 11.5. The molecule has 5 nitrogen and oxygen atoms in total. The topological polar surface area (TPSA) is 64.0 Å². The molecule has 3 rings (SSSR count). The Morgan fingerprint density at radius 2 is 2.03 bits per heavy atom. The molecular formula is C23H26ClN3O2S. The van der Waals surface area contributed by atoms with Crippen LogP contribution in [-0.4, -0.2) is 22.0 Å². The molecule has 0 saturated heterocycles. The summed E-state index contributed by atoms with van der Waals surface area (Å²) in [7, 11) is 0. The van der Waals surface area contributed by atoms with Crippen LogP contribution in [0.2, 0.25) is 5.02 Å². The second kappa shape index (κ2) is 10.1. The molecule has 3 aromatic rings. The zero-order valence-electron chi connectivity index (χ0n) is 17.4. The van der Waals surface area contributed by atoms with Crippen LogP contribution in [0.3, 0.4) is 0 Å². The van der Waals surface area contributed by atoms with Crippen molar-refractivity contribution in [3.05, 3.63) is 69.0 Å². The first kappa shape index (κ1) is 22.4. The SMILES string of the molecule is CCCNC(=O)c1ccc2c(=O)n(CC(C)C)c(SCc3cccc(Cl)c3)nc2c1. The van der Waals surface area contributed by atoms with Gasteiger partial charge in [0, 0.05) is 29.4 Å². The van der Waals surface area contributed by atoms with Crippen LogP contribution in [0.15, 0.2) is 52.4 Å². The van der Waals surface area contributed by atoms with Gasteiger partial charge in [-0.1, -0.05) is 56.3 Å². The predicted molar refractivity (Wildman–Crippen MR) is 124 cm³/mol. The molecule has 2 aromatic carbocycles. The number of rotatable bonds is 8. The zero-order chi connectivity index (χ0) is 21.7. The third kappa shape index (κ3) is 5.43. The number of carbonyl (C=O) groups is 1. The van der Waals surface area contributed by atoms with Gasteiger partial charge >= 0.3 is 0 Å². The maximum atomic E-state index is 13.2. The Kier molecular flexibility index (Phi) is 7.56. The number of hydrogen-bond donors (Lipinski definition) is 1. The third-order valence-electron chi connectivity index (χ3n) is 4.52. The smallest absolute Gasteiger partial charge is 0.262 e. The summed E-state index contributed by atoms with van der Waals surface area (Å²) < 4.78 is 1.74. The molecule has 1 aromatic heterocycles. The van der Waals surface area contributed by atoms with Crippen molar-refractivity contribution in [3.63, 3.8) is 0 Å². The predicted octanol–water partition coefficient (Wildman–Crippen LogP) is 5.14. The van der Waals surface area contributed by atoms with E-state index in [-0.39, 0.29) is 11.5 Å². The van der Waals surface area contributed by atoms with Crippen molar-refractivity contribution in [1.29, 1.82) is 0 Å². The number of aromatic nitrogens is 2. The number of nitrogens with zero attached hydrogens (tertiary/aromatic N) is 2. The Labute approximate surface area is 185 Å². The lowest BCUT2D eigenvalue weighted by atomic mass is 10.1. The summed E-state index contributed by atoms with van der Waals surface area (Å²) in [5.74, 6) is 0.791. The van der Waals surface area contributed by atoms with E-state index in [0.29, 0.717) is 51.4 Å². The molecule has 1 N–H and O–H groups in total. The van der Waals surface area contributed by atoms with Crippen molar-refractivity contribution in [2.75, 3.05) is 6.54 Å². The minimum atomic E-state index is -0.153. The molecule has 0 atom stereocenters. The maximum Gasteiger partial charge on any atom is 0.262 e. The summed E-state index contributed by atoms with van der Waals surface area (Å²) in [5.41, 5.74) is 2.03. The van der Waals surface area contributed by atoms with Gasteiger partial charge in [0.15, 0.2) is 5.16 Å². The Balaban J connectivity index is 2.00. The molecule has 0 spiro atoms. The Morgan fingerprint density at radius 3 is 2.73 bits per heavy atom. The quantitative estimate of drug-likeness (QED) is 0.387. The number of thioether (sulfide) groups is 1. The average Bonchev–Trinajstić information content (AvgIpc) is 2.72. The summed E-state index contributed by atoms with van der Waals surface area (Å²) in [6, 6.07) is 12.8. The maximum absolute atomic E-state index is 13.2. The van der Waals surface area contributed by atoms with Gasteiger partial charge in [-0.25, -0.2) is 4.98 Å². The minimum absolute atomic E-state index is 0.0807. The number of amides is 1. The number of hydrogen-bond acceptors (Lipinski definition) is 4. The normalized spacial score (nSPS) is 11.2. The van der Waals surface area contributed by atoms with Gasteiger partial charge in [0.2, 0.25) is 0 Å². The highest BCUT2D eigenvalue weighted by Gasteiger charge is 2.15. The molecule has 0 aliphatic carbocycles. The fraction of sp³-hybridized carbons (Fsp3) is 0.348. The molecule has 0 unspecified atom stereocenters. The fourth-order valence-corrected chi connectivity index (χ4v) is 4.26. The van der Waals surface area contributed by atoms with Crippen LogP contribution in [0.25, 0.3) is 10.9 Å². The molecule has 1 heterocycles. The Hall–Kier alpha value is -2.31. The summed E-state index contributed by atoms with van der Waals surface area (Å²) >= 11 is 7.60. The van der Waals surface area contributed by atoms with Crippen LogP contribution in [-0.2, 0) is 12.3 Å². The van der Waals surface area contributed by atoms with Crippen LogP contribution in [0.4, 0.5) is 0 Å². The largest absolute Gasteiger partial charge is 0.352 e. The van der Waals surface area contributed by atoms with Gasteiger partial charge in [0.25, 0.3) is 11.5 Å². The van der Waals surface area contributed by atoms with E-state index >= 15 is 0 Å². The van der Waals surface area contributed by atoms with Gasteiger partial charge in [-0.3, -0.25) is 14.2 Å². The lowest BCUT2D eigenvalue weighted by Gasteiger charge is -2.15. The first-order valence-electron chi connectivity index (χ1n) is 10.1. The minimum Gasteiger partial charge on any atom is -0.352 e. The van der Waals surface area contributed by atoms with Crippen LogP contribution >= 0.6 is 23.4 Å². The lowest BCUT2D eigenvalue weighted by Crippen LogP contribution is -2.26. The molecule has 7 heteroatoms. The second-order valence-corrected chi connectivity index (χ2v) is 8.99. The molecule has 0 radical (unpaired) electrons. The average molecular weight is 444 g/mol. The van der Waals surface area contributed by atoms with E-state index in [1.165, 1.54) is 11.8 Å². The first-order chi connectivity index (χ1) is 14.4. The van der Waals surface area contributed by atoms with Crippen molar-refractivity contribution >= 4 is 40.2 Å². The van der Waals surface area contributed by atoms with Crippen LogP contribution < -0.4 is 10.9 Å². The standard InChI is InChI=1S/C23H26ClN3O2S/c1-4-10-25-21(28)17-8-9-19-20(12-17)26-23(27(22(19)29)13-15(2)3)30-14-16-6-5-7-18(24)11-16/h5-9,11-12,15H,4,10,13-14H2,1-3H3,(H,25,28). The van der Waals surface area contributed by atoms with Crippen molar-refractivity contribution in [1.82, 2.24) is 14.9 Å². The van der Waals surface area contributed by atoms with E-state index in [4.69, 9.17) is 16.6 Å². The van der Waals surface area contributed by atoms with Crippen molar-refractivity contribution in [2.24, 2.45) is 5.92 Å². The zero-order valence-corrected chi connectivity index (χ0v) is 19.0. The fourth-order valence-electron chi connectivity index (χ4n) is 3.09. The molecule has 30 heavy (non-hydrogen) atoms. The molecule has 0 saturated carbocycles. The number of carbonyl (C=O) groups excluding carboxylic acids is 1. The molecule has 0 bridgehead atoms. The van der Waals surface area contributed by atoms with E-state index in [1.807, 2.05) is 31.2 Å². The van der Waals surface area contributed by atoms with Crippen molar-refractivity contribution < 1.29 is 4.79 Å². The number of halogens is 1. The van der Waals surface area contributed by atoms with E-state index in [0.717, 1.165) is 12.0 Å². The van der Waals surface area contributed by atoms with Gasteiger partial charge in [0.05, 0.1) is 10.9 Å². The molecule has 158 valence electrons. The summed E-state index contributed by atoms with van der Waals surface area (Å²) in [6.07, 6.45) is 0.863. The van der Waals surface area contributed by atoms with Crippen LogP contribution in [0.1, 0.15) is 43.1 Å². The lowest BCUT2D eigenvalue weighted by molar-refractivity contribution is 0.0954. The molecule has 0 aliphatic heterocycles. The monoisotopic (exact) mass is 443 g/mol. The van der Waals surface area contributed by atoms with E-state index < -0.39 is 0 Å². The Morgan fingerprint density at radius 1 is 1.23 bits per heavy atom. The van der Waals surface area contributed by atoms with Crippen molar-refractivity contribution in [2.45, 2.75) is 44.6 Å². The second-order valence-electron chi connectivity index (χ2n) is 7.61. The summed E-state index contributed by atoms with van der Waals surface area (Å²) in [5, 5.41) is 4.72. The van der Waals surface area contributed by atoms with E-state index in [9.17, 15) is 9.59 Å². The highest BCUT2D eigenvalue weighted by molar-refractivity contribution is 7.98. The van der Waals surface area contributed by atoms with Crippen LogP contribution in [0.5, 0.6) is 0 Å². The number of benzene rings is 2. The highest BCUT2D eigenvalue weighted by atomic mass is 35.5. The van der Waals surface area contributed by atoms with E-state index in [2.05, 4.69) is 19.2 Å². The van der Waals surface area contributed by atoms with Crippen LogP contribution in [0, 0.1) is 5.92 Å². The van der Waals surface area contributed by atoms with Gasteiger partial charge in [-0.15, -0.1) is 0 Å². The molecule has 1 amide bonds. The summed E-state index contributed by atoms with van der Waals surface area (Å²) in [4.78, 5) is 30.3. The van der Waals surface area contributed by atoms with Gasteiger partial charge in [-0.05, 0) is 48.2 Å². The van der Waals surface area contributed by atoms with Gasteiger partial charge in [0.1, 0.15) is 0 Å². The molecular weight excluding hydrogens is 418 g/mol. The highest BCUT2D eigenvalue weighted by Crippen LogP contribution is 2.24. The summed E-state index contributed by atoms with van der Waals surface area (Å²) in [6.45, 7) is 7.34. The van der Waals surface area contributed by atoms with E-state index in [1.54, 1.807) is 22.8 Å². The van der Waals surface area contributed by atoms with Gasteiger partial charge in [-0.2, -0.15) is 0 Å². The van der Waals surface area contributed by atoms with Crippen molar-refractivity contribution in [3.8, 4) is 0 Å². The number of nitrogens with one attached hydrogen (secondary N) is 1. The third-order valence-corrected chi connectivity index (χ3v) is 5.81. The number of fused-ring (bicyclic) bond motifs is 1. The molecule has 0 fully saturated rings. The molecule has 0 aliphatic rings. The van der Waals surface area contributed by atoms with Gasteiger partial charge < -0.3 is 5.32 Å².